The Labute approximate surface area is 130 Å². The van der Waals surface area contributed by atoms with Crippen LogP contribution >= 0.6 is 15.9 Å². The SMILES string of the molecule is N[C@H](C(=O)N/N=C/c1ccc(O)c(Br)c1)c1ccccc1. The molecule has 0 aromatic heterocycles. The van der Waals surface area contributed by atoms with Gasteiger partial charge in [-0.1, -0.05) is 30.3 Å². The van der Waals surface area contributed by atoms with Gasteiger partial charge in [0.25, 0.3) is 5.91 Å². The van der Waals surface area contributed by atoms with Gasteiger partial charge in [-0.3, -0.25) is 4.79 Å². The lowest BCUT2D eigenvalue weighted by molar-refractivity contribution is -0.122. The van der Waals surface area contributed by atoms with Gasteiger partial charge in [-0.2, -0.15) is 5.10 Å². The number of nitrogens with zero attached hydrogens (tertiary/aromatic N) is 1. The molecule has 1 atom stereocenters. The van der Waals surface area contributed by atoms with E-state index in [2.05, 4.69) is 26.5 Å². The minimum Gasteiger partial charge on any atom is -0.507 e. The van der Waals surface area contributed by atoms with Gasteiger partial charge in [-0.25, -0.2) is 5.43 Å². The van der Waals surface area contributed by atoms with Crippen molar-refractivity contribution in [2.24, 2.45) is 10.8 Å². The van der Waals surface area contributed by atoms with E-state index in [4.69, 9.17) is 5.73 Å². The minimum absolute atomic E-state index is 0.141. The van der Waals surface area contributed by atoms with Crippen molar-refractivity contribution in [3.05, 3.63) is 64.1 Å². The molecule has 0 saturated heterocycles. The Morgan fingerprint density at radius 3 is 2.67 bits per heavy atom. The standard InChI is InChI=1S/C15H14BrN3O2/c16-12-8-10(6-7-13(12)20)9-18-19-15(21)14(17)11-4-2-1-3-5-11/h1-9,14,20H,17H2,(H,19,21)/b18-9+/t14-/m0/s1. The number of phenolic OH excluding ortho intramolecular Hbond substituents is 1. The Kier molecular flexibility index (Phi) is 5.08. The lowest BCUT2D eigenvalue weighted by atomic mass is 10.1. The van der Waals surface area contributed by atoms with Gasteiger partial charge in [0.2, 0.25) is 0 Å². The molecule has 2 aromatic carbocycles. The summed E-state index contributed by atoms with van der Waals surface area (Å²) in [6.07, 6.45) is 1.47. The molecule has 0 aliphatic carbocycles. The zero-order valence-electron chi connectivity index (χ0n) is 11.0. The first-order valence-electron chi connectivity index (χ1n) is 6.20. The maximum absolute atomic E-state index is 11.9. The molecule has 21 heavy (non-hydrogen) atoms. The second-order valence-corrected chi connectivity index (χ2v) is 5.19. The van der Waals surface area contributed by atoms with Crippen molar-refractivity contribution in [1.82, 2.24) is 5.43 Å². The molecule has 0 bridgehead atoms. The first-order valence-corrected chi connectivity index (χ1v) is 6.99. The third-order valence-corrected chi connectivity index (χ3v) is 3.44. The molecular weight excluding hydrogens is 334 g/mol. The first-order chi connectivity index (χ1) is 10.1. The molecule has 5 nitrogen and oxygen atoms in total. The second-order valence-electron chi connectivity index (χ2n) is 4.33. The Bertz CT molecular complexity index is 659. The number of nitrogens with one attached hydrogen (secondary N) is 1. The van der Waals surface area contributed by atoms with Crippen LogP contribution in [0.4, 0.5) is 0 Å². The predicted molar refractivity (Wildman–Crippen MR) is 84.9 cm³/mol. The molecule has 4 N–H and O–H groups in total. The van der Waals surface area contributed by atoms with Crippen LogP contribution in [0.2, 0.25) is 0 Å². The minimum atomic E-state index is -0.769. The topological polar surface area (TPSA) is 87.7 Å². The molecule has 1 amide bonds. The van der Waals surface area contributed by atoms with Crippen molar-refractivity contribution in [3.8, 4) is 5.75 Å². The van der Waals surface area contributed by atoms with Crippen LogP contribution in [0, 0.1) is 0 Å². The summed E-state index contributed by atoms with van der Waals surface area (Å²) in [4.78, 5) is 11.9. The normalized spacial score (nSPS) is 12.3. The largest absolute Gasteiger partial charge is 0.507 e. The number of carbonyl (C=O) groups excluding carboxylic acids is 1. The highest BCUT2D eigenvalue weighted by atomic mass is 79.9. The fraction of sp³-hybridized carbons (Fsp3) is 0.0667. The van der Waals surface area contributed by atoms with Crippen LogP contribution in [0.25, 0.3) is 0 Å². The lowest BCUT2D eigenvalue weighted by Gasteiger charge is -2.09. The quantitative estimate of drug-likeness (QED) is 0.585. The molecule has 0 unspecified atom stereocenters. The van der Waals surface area contributed by atoms with Gasteiger partial charge in [-0.15, -0.1) is 0 Å². The average molecular weight is 348 g/mol. The number of benzene rings is 2. The van der Waals surface area contributed by atoms with Gasteiger partial charge in [0, 0.05) is 0 Å². The van der Waals surface area contributed by atoms with Crippen LogP contribution in [0.1, 0.15) is 17.2 Å². The average Bonchev–Trinajstić information content (AvgIpc) is 2.51. The molecule has 6 heteroatoms. The predicted octanol–water partition coefficient (Wildman–Crippen LogP) is 2.30. The van der Waals surface area contributed by atoms with Gasteiger partial charge in [0.05, 0.1) is 10.7 Å². The van der Waals surface area contributed by atoms with E-state index in [0.29, 0.717) is 4.47 Å². The molecule has 0 spiro atoms. The summed E-state index contributed by atoms with van der Waals surface area (Å²) < 4.78 is 0.554. The smallest absolute Gasteiger partial charge is 0.261 e. The molecule has 108 valence electrons. The number of halogens is 1. The first kappa shape index (κ1) is 15.2. The maximum atomic E-state index is 11.9. The van der Waals surface area contributed by atoms with E-state index in [1.54, 1.807) is 24.3 Å². The van der Waals surface area contributed by atoms with Gasteiger partial charge >= 0.3 is 0 Å². The molecule has 0 aliphatic heterocycles. The molecule has 0 radical (unpaired) electrons. The molecular formula is C15H14BrN3O2. The summed E-state index contributed by atoms with van der Waals surface area (Å²) in [5, 5.41) is 13.2. The van der Waals surface area contributed by atoms with Crippen LogP contribution in [0.5, 0.6) is 5.75 Å². The summed E-state index contributed by atoms with van der Waals surface area (Å²) in [6.45, 7) is 0. The van der Waals surface area contributed by atoms with Gasteiger partial charge in [0.1, 0.15) is 11.8 Å². The number of carbonyl (C=O) groups is 1. The van der Waals surface area contributed by atoms with Crippen LogP contribution in [-0.4, -0.2) is 17.2 Å². The summed E-state index contributed by atoms with van der Waals surface area (Å²) >= 11 is 3.20. The second kappa shape index (κ2) is 7.01. The third kappa shape index (κ3) is 4.14. The highest BCUT2D eigenvalue weighted by molar-refractivity contribution is 9.10. The van der Waals surface area contributed by atoms with E-state index in [1.165, 1.54) is 12.3 Å². The van der Waals surface area contributed by atoms with Crippen molar-refractivity contribution >= 4 is 28.1 Å². The number of rotatable bonds is 4. The number of amides is 1. The Morgan fingerprint density at radius 2 is 2.00 bits per heavy atom. The summed E-state index contributed by atoms with van der Waals surface area (Å²) in [6, 6.07) is 13.2. The number of phenols is 1. The molecule has 0 fully saturated rings. The highest BCUT2D eigenvalue weighted by Crippen LogP contribution is 2.23. The number of hydrogen-bond acceptors (Lipinski definition) is 4. The van der Waals surface area contributed by atoms with E-state index in [9.17, 15) is 9.90 Å². The number of aromatic hydroxyl groups is 1. The number of hydrogen-bond donors (Lipinski definition) is 3. The van der Waals surface area contributed by atoms with Crippen molar-refractivity contribution in [3.63, 3.8) is 0 Å². The summed E-state index contributed by atoms with van der Waals surface area (Å²) in [7, 11) is 0. The van der Waals surface area contributed by atoms with E-state index < -0.39 is 11.9 Å². The maximum Gasteiger partial charge on any atom is 0.261 e. The van der Waals surface area contributed by atoms with E-state index >= 15 is 0 Å². The van der Waals surface area contributed by atoms with E-state index in [1.807, 2.05) is 18.2 Å². The number of hydrazone groups is 1. The Hall–Kier alpha value is -2.18. The molecule has 2 aromatic rings. The lowest BCUT2D eigenvalue weighted by Crippen LogP contribution is -2.31. The summed E-state index contributed by atoms with van der Waals surface area (Å²) in [5.74, 6) is -0.252. The molecule has 0 saturated carbocycles. The van der Waals surface area contributed by atoms with Crippen molar-refractivity contribution in [1.29, 1.82) is 0 Å². The van der Waals surface area contributed by atoms with E-state index in [0.717, 1.165) is 11.1 Å². The Balaban J connectivity index is 1.97. The fourth-order valence-corrected chi connectivity index (χ4v) is 2.05. The molecule has 2 rings (SSSR count). The van der Waals surface area contributed by atoms with Gasteiger partial charge in [0.15, 0.2) is 0 Å². The Morgan fingerprint density at radius 1 is 1.29 bits per heavy atom. The third-order valence-electron chi connectivity index (χ3n) is 2.80. The van der Waals surface area contributed by atoms with Crippen LogP contribution in [0.15, 0.2) is 58.1 Å². The van der Waals surface area contributed by atoms with Crippen LogP contribution in [-0.2, 0) is 4.79 Å². The molecule has 0 heterocycles. The highest BCUT2D eigenvalue weighted by Gasteiger charge is 2.14. The van der Waals surface area contributed by atoms with Crippen LogP contribution in [0.3, 0.4) is 0 Å². The van der Waals surface area contributed by atoms with Crippen molar-refractivity contribution in [2.45, 2.75) is 6.04 Å². The number of nitrogens with two attached hydrogens (primary N) is 1. The molecule has 0 aliphatic rings. The van der Waals surface area contributed by atoms with Crippen LogP contribution < -0.4 is 11.2 Å². The van der Waals surface area contributed by atoms with Gasteiger partial charge in [-0.05, 0) is 45.3 Å². The monoisotopic (exact) mass is 347 g/mol. The van der Waals surface area contributed by atoms with Crippen molar-refractivity contribution < 1.29 is 9.90 Å². The van der Waals surface area contributed by atoms with Gasteiger partial charge < -0.3 is 10.8 Å². The zero-order valence-corrected chi connectivity index (χ0v) is 12.6. The van der Waals surface area contributed by atoms with Crippen molar-refractivity contribution in [2.75, 3.05) is 0 Å². The fourth-order valence-electron chi connectivity index (χ4n) is 1.66. The summed E-state index contributed by atoms with van der Waals surface area (Å²) in [5.41, 5.74) is 9.68. The van der Waals surface area contributed by atoms with E-state index in [-0.39, 0.29) is 5.75 Å². The zero-order chi connectivity index (χ0) is 15.2.